The molecule has 1 atom stereocenters. The molecule has 1 aromatic heterocycles. The van der Waals surface area contributed by atoms with E-state index in [0.717, 1.165) is 19.3 Å². The first-order chi connectivity index (χ1) is 8.46. The molecule has 5 heteroatoms. The van der Waals surface area contributed by atoms with Gasteiger partial charge in [-0.25, -0.2) is 4.79 Å². The largest absolute Gasteiger partial charge is 0.480 e. The van der Waals surface area contributed by atoms with E-state index < -0.39 is 11.5 Å². The average molecular weight is 267 g/mol. The summed E-state index contributed by atoms with van der Waals surface area (Å²) in [6.45, 7) is 3.29. The Labute approximate surface area is 110 Å². The highest BCUT2D eigenvalue weighted by Gasteiger charge is 2.33. The van der Waals surface area contributed by atoms with Gasteiger partial charge >= 0.3 is 5.97 Å². The molecule has 0 aromatic carbocycles. The number of aliphatic carboxylic acids is 1. The van der Waals surface area contributed by atoms with Gasteiger partial charge in [0.25, 0.3) is 5.91 Å². The normalized spacial score (nSPS) is 17.0. The lowest BCUT2D eigenvalue weighted by Crippen LogP contribution is -2.51. The van der Waals surface area contributed by atoms with Crippen molar-refractivity contribution in [2.24, 2.45) is 0 Å². The summed E-state index contributed by atoms with van der Waals surface area (Å²) in [6, 6.07) is 1.90. The molecule has 1 aliphatic rings. The van der Waals surface area contributed by atoms with Gasteiger partial charge < -0.3 is 10.4 Å². The smallest absolute Gasteiger partial charge is 0.329 e. The quantitative estimate of drug-likeness (QED) is 0.879. The van der Waals surface area contributed by atoms with Crippen molar-refractivity contribution in [3.63, 3.8) is 0 Å². The van der Waals surface area contributed by atoms with E-state index in [1.807, 2.05) is 6.07 Å². The monoisotopic (exact) mass is 267 g/mol. The molecule has 18 heavy (non-hydrogen) atoms. The van der Waals surface area contributed by atoms with E-state index in [-0.39, 0.29) is 5.91 Å². The summed E-state index contributed by atoms with van der Waals surface area (Å²) in [5.74, 6) is -1.27. The van der Waals surface area contributed by atoms with E-state index in [1.54, 1.807) is 6.92 Å². The zero-order valence-corrected chi connectivity index (χ0v) is 11.4. The Kier molecular flexibility index (Phi) is 3.43. The van der Waals surface area contributed by atoms with Crippen LogP contribution >= 0.6 is 11.3 Å². The number of nitrogens with one attached hydrogen (secondary N) is 1. The second kappa shape index (κ2) is 4.72. The van der Waals surface area contributed by atoms with Crippen LogP contribution in [0.25, 0.3) is 0 Å². The molecule has 0 radical (unpaired) electrons. The number of hydrogen-bond acceptors (Lipinski definition) is 3. The van der Waals surface area contributed by atoms with Crippen LogP contribution in [-0.2, 0) is 17.6 Å². The second-order valence-corrected chi connectivity index (χ2v) is 5.99. The Balaban J connectivity index is 2.14. The van der Waals surface area contributed by atoms with Crippen molar-refractivity contribution in [2.45, 2.75) is 45.1 Å². The highest BCUT2D eigenvalue weighted by atomic mass is 32.1. The van der Waals surface area contributed by atoms with Crippen LogP contribution in [-0.4, -0.2) is 22.5 Å². The number of thiophene rings is 1. The van der Waals surface area contributed by atoms with Gasteiger partial charge in [0.1, 0.15) is 5.54 Å². The second-order valence-electron chi connectivity index (χ2n) is 4.86. The molecule has 98 valence electrons. The third-order valence-electron chi connectivity index (χ3n) is 3.54. The van der Waals surface area contributed by atoms with Gasteiger partial charge in [-0.05, 0) is 44.2 Å². The molecule has 1 heterocycles. The molecular weight excluding hydrogens is 250 g/mol. The molecule has 1 aromatic rings. The molecule has 2 rings (SSSR count). The van der Waals surface area contributed by atoms with E-state index in [9.17, 15) is 9.59 Å². The number of amides is 1. The van der Waals surface area contributed by atoms with Crippen LogP contribution in [0.4, 0.5) is 0 Å². The molecule has 0 saturated carbocycles. The van der Waals surface area contributed by atoms with Crippen LogP contribution in [0.15, 0.2) is 6.07 Å². The predicted octanol–water partition coefficient (Wildman–Crippen LogP) is 2.22. The molecule has 0 saturated heterocycles. The van der Waals surface area contributed by atoms with Gasteiger partial charge in [-0.3, -0.25) is 4.79 Å². The van der Waals surface area contributed by atoms with Gasteiger partial charge in [-0.1, -0.05) is 6.92 Å². The lowest BCUT2D eigenvalue weighted by molar-refractivity contribution is -0.143. The third kappa shape index (κ3) is 2.27. The number of fused-ring (bicyclic) bond motifs is 1. The molecule has 1 amide bonds. The van der Waals surface area contributed by atoms with Crippen LogP contribution in [0.3, 0.4) is 0 Å². The summed E-state index contributed by atoms with van der Waals surface area (Å²) in [6.07, 6.45) is 3.59. The van der Waals surface area contributed by atoms with Crippen molar-refractivity contribution >= 4 is 23.2 Å². The number of carboxylic acid groups (broad SMARTS) is 1. The fourth-order valence-electron chi connectivity index (χ4n) is 2.05. The van der Waals surface area contributed by atoms with E-state index in [1.165, 1.54) is 28.7 Å². The number of hydrogen-bond donors (Lipinski definition) is 2. The summed E-state index contributed by atoms with van der Waals surface area (Å²) < 4.78 is 0. The fraction of sp³-hybridized carbons (Fsp3) is 0.538. The first-order valence-electron chi connectivity index (χ1n) is 6.14. The van der Waals surface area contributed by atoms with Crippen molar-refractivity contribution in [2.75, 3.05) is 0 Å². The topological polar surface area (TPSA) is 66.4 Å². The minimum absolute atomic E-state index is 0.277. The van der Waals surface area contributed by atoms with E-state index in [0.29, 0.717) is 11.3 Å². The van der Waals surface area contributed by atoms with Crippen molar-refractivity contribution < 1.29 is 14.7 Å². The third-order valence-corrected chi connectivity index (χ3v) is 4.77. The van der Waals surface area contributed by atoms with Crippen LogP contribution < -0.4 is 5.32 Å². The summed E-state index contributed by atoms with van der Waals surface area (Å²) >= 11 is 1.49. The molecule has 1 unspecified atom stereocenters. The Morgan fingerprint density at radius 3 is 2.78 bits per heavy atom. The average Bonchev–Trinajstić information content (AvgIpc) is 2.88. The van der Waals surface area contributed by atoms with E-state index in [2.05, 4.69) is 5.32 Å². The summed E-state index contributed by atoms with van der Waals surface area (Å²) in [5.41, 5.74) is 0.0598. The lowest BCUT2D eigenvalue weighted by atomic mass is 9.99. The molecule has 4 nitrogen and oxygen atoms in total. The molecule has 1 aliphatic carbocycles. The molecule has 0 aliphatic heterocycles. The standard InChI is InChI=1S/C13H17NO3S/c1-3-13(2,12(16)17)14-11(15)10-7-8-5-4-6-9(8)18-10/h7H,3-6H2,1-2H3,(H,14,15)(H,16,17). The Hall–Kier alpha value is -1.36. The first-order valence-corrected chi connectivity index (χ1v) is 6.95. The summed E-state index contributed by atoms with van der Waals surface area (Å²) in [7, 11) is 0. The minimum Gasteiger partial charge on any atom is -0.480 e. The van der Waals surface area contributed by atoms with Crippen LogP contribution in [0.2, 0.25) is 0 Å². The van der Waals surface area contributed by atoms with Gasteiger partial charge in [-0.2, -0.15) is 0 Å². The maximum atomic E-state index is 12.1. The number of carbonyl (C=O) groups is 2. The SMILES string of the molecule is CCC(C)(NC(=O)c1cc2c(s1)CCC2)C(=O)O. The summed E-state index contributed by atoms with van der Waals surface area (Å²) in [4.78, 5) is 25.1. The highest BCUT2D eigenvalue weighted by Crippen LogP contribution is 2.30. The Morgan fingerprint density at radius 2 is 2.22 bits per heavy atom. The van der Waals surface area contributed by atoms with Crippen LogP contribution in [0, 0.1) is 0 Å². The van der Waals surface area contributed by atoms with E-state index in [4.69, 9.17) is 5.11 Å². The molecular formula is C13H17NO3S. The number of carboxylic acids is 1. The molecule has 0 bridgehead atoms. The minimum atomic E-state index is -1.19. The number of aryl methyl sites for hydroxylation is 2. The molecule has 0 fully saturated rings. The maximum Gasteiger partial charge on any atom is 0.329 e. The van der Waals surface area contributed by atoms with Crippen molar-refractivity contribution in [3.8, 4) is 0 Å². The lowest BCUT2D eigenvalue weighted by Gasteiger charge is -2.24. The first kappa shape index (κ1) is 13.1. The van der Waals surface area contributed by atoms with Crippen LogP contribution in [0.1, 0.15) is 46.8 Å². The Morgan fingerprint density at radius 1 is 1.50 bits per heavy atom. The van der Waals surface area contributed by atoms with E-state index >= 15 is 0 Å². The maximum absolute atomic E-state index is 12.1. The number of carbonyl (C=O) groups excluding carboxylic acids is 1. The zero-order valence-electron chi connectivity index (χ0n) is 10.6. The van der Waals surface area contributed by atoms with Gasteiger partial charge in [-0.15, -0.1) is 11.3 Å². The Bertz CT molecular complexity index is 473. The molecule has 2 N–H and O–H groups in total. The predicted molar refractivity (Wildman–Crippen MR) is 70.1 cm³/mol. The van der Waals surface area contributed by atoms with Gasteiger partial charge in [0.15, 0.2) is 0 Å². The van der Waals surface area contributed by atoms with Crippen molar-refractivity contribution in [1.82, 2.24) is 5.32 Å². The van der Waals surface area contributed by atoms with Gasteiger partial charge in [0, 0.05) is 4.88 Å². The number of rotatable bonds is 4. The zero-order chi connectivity index (χ0) is 13.3. The summed E-state index contributed by atoms with van der Waals surface area (Å²) in [5, 5.41) is 11.8. The van der Waals surface area contributed by atoms with Crippen molar-refractivity contribution in [3.05, 3.63) is 21.4 Å². The van der Waals surface area contributed by atoms with Gasteiger partial charge in [0.05, 0.1) is 4.88 Å². The van der Waals surface area contributed by atoms with Crippen molar-refractivity contribution in [1.29, 1.82) is 0 Å². The van der Waals surface area contributed by atoms with Crippen LogP contribution in [0.5, 0.6) is 0 Å². The van der Waals surface area contributed by atoms with Gasteiger partial charge in [0.2, 0.25) is 0 Å². The highest BCUT2D eigenvalue weighted by molar-refractivity contribution is 7.14. The molecule has 0 spiro atoms. The fourth-order valence-corrected chi connectivity index (χ4v) is 3.20.